The van der Waals surface area contributed by atoms with Crippen LogP contribution >= 0.6 is 0 Å². The molecule has 13 heavy (non-hydrogen) atoms. The number of ether oxygens (including phenoxy) is 1. The van der Waals surface area contributed by atoms with Crippen molar-refractivity contribution in [3.63, 3.8) is 0 Å². The zero-order valence-corrected chi connectivity index (χ0v) is 11.6. The summed E-state index contributed by atoms with van der Waals surface area (Å²) in [6.07, 6.45) is 0. The third-order valence-corrected chi connectivity index (χ3v) is 10.8. The van der Waals surface area contributed by atoms with E-state index in [1.165, 1.54) is 0 Å². The van der Waals surface area contributed by atoms with Gasteiger partial charge in [0.2, 0.25) is 0 Å². The van der Waals surface area contributed by atoms with Gasteiger partial charge in [-0.05, 0) is 25.8 Å². The highest BCUT2D eigenvalue weighted by Gasteiger charge is 2.48. The molecule has 0 atom stereocenters. The van der Waals surface area contributed by atoms with Crippen molar-refractivity contribution in [1.82, 2.24) is 0 Å². The molecule has 0 aromatic heterocycles. The van der Waals surface area contributed by atoms with Gasteiger partial charge in [0, 0.05) is 6.61 Å². The third-order valence-electron chi connectivity index (χ3n) is 3.89. The number of hydrogen-bond donors (Lipinski definition) is 0. The van der Waals surface area contributed by atoms with Crippen LogP contribution in [0.5, 0.6) is 0 Å². The summed E-state index contributed by atoms with van der Waals surface area (Å²) in [5.74, 6) is 0. The summed E-state index contributed by atoms with van der Waals surface area (Å²) in [4.78, 5) is 0. The average molecular weight is 202 g/mol. The first-order chi connectivity index (χ1) is 5.56. The van der Waals surface area contributed by atoms with Crippen LogP contribution in [0.3, 0.4) is 0 Å². The molecule has 0 fully saturated rings. The molecule has 0 amide bonds. The van der Waals surface area contributed by atoms with Crippen LogP contribution in [0.15, 0.2) is 0 Å². The standard InChI is InChI=1S/C11H26OSi/c1-9-12-11(5,6)13(7,8)10(2,3)4/h9H2,1-8H3. The van der Waals surface area contributed by atoms with Crippen molar-refractivity contribution in [2.24, 2.45) is 0 Å². The lowest BCUT2D eigenvalue weighted by Gasteiger charge is -2.48. The van der Waals surface area contributed by atoms with Crippen molar-refractivity contribution in [2.75, 3.05) is 6.61 Å². The van der Waals surface area contributed by atoms with Gasteiger partial charge in [-0.15, -0.1) is 0 Å². The normalized spacial score (nSPS) is 14.8. The van der Waals surface area contributed by atoms with Gasteiger partial charge in [0.25, 0.3) is 0 Å². The van der Waals surface area contributed by atoms with E-state index >= 15 is 0 Å². The van der Waals surface area contributed by atoms with Crippen LogP contribution in [0.4, 0.5) is 0 Å². The zero-order valence-electron chi connectivity index (χ0n) is 10.6. The summed E-state index contributed by atoms with van der Waals surface area (Å²) >= 11 is 0. The summed E-state index contributed by atoms with van der Waals surface area (Å²) in [5.41, 5.74) is 0. The predicted molar refractivity (Wildman–Crippen MR) is 62.9 cm³/mol. The largest absolute Gasteiger partial charge is 0.379 e. The summed E-state index contributed by atoms with van der Waals surface area (Å²) in [6, 6.07) is 0. The third kappa shape index (κ3) is 2.56. The maximum Gasteiger partial charge on any atom is 0.0900 e. The van der Waals surface area contributed by atoms with Gasteiger partial charge < -0.3 is 4.74 Å². The molecule has 0 aliphatic carbocycles. The van der Waals surface area contributed by atoms with Crippen LogP contribution in [0, 0.1) is 0 Å². The van der Waals surface area contributed by atoms with Gasteiger partial charge in [-0.3, -0.25) is 0 Å². The average Bonchev–Trinajstić information content (AvgIpc) is 1.84. The Kier molecular flexibility index (Phi) is 3.79. The molecule has 0 bridgehead atoms. The lowest BCUT2D eigenvalue weighted by Crippen LogP contribution is -2.57. The number of rotatable bonds is 3. The summed E-state index contributed by atoms with van der Waals surface area (Å²) in [5, 5.41) is 0.464. The Balaban J connectivity index is 4.81. The van der Waals surface area contributed by atoms with E-state index in [1.54, 1.807) is 0 Å². The highest BCUT2D eigenvalue weighted by Crippen LogP contribution is 2.43. The molecule has 0 radical (unpaired) electrons. The van der Waals surface area contributed by atoms with Crippen molar-refractivity contribution in [3.8, 4) is 0 Å². The first kappa shape index (κ1) is 13.2. The molecule has 0 unspecified atom stereocenters. The minimum Gasteiger partial charge on any atom is -0.379 e. The predicted octanol–water partition coefficient (Wildman–Crippen LogP) is 3.85. The second kappa shape index (κ2) is 3.74. The Hall–Kier alpha value is 0.177. The van der Waals surface area contributed by atoms with Crippen LogP contribution in [-0.2, 0) is 4.74 Å². The van der Waals surface area contributed by atoms with Crippen LogP contribution in [-0.4, -0.2) is 19.9 Å². The quantitative estimate of drug-likeness (QED) is 0.632. The summed E-state index contributed by atoms with van der Waals surface area (Å²) < 4.78 is 5.88. The molecule has 0 rings (SSSR count). The van der Waals surface area contributed by atoms with Crippen molar-refractivity contribution in [3.05, 3.63) is 0 Å². The van der Waals surface area contributed by atoms with Gasteiger partial charge in [0.05, 0.1) is 13.3 Å². The lowest BCUT2D eigenvalue weighted by atomic mass is 10.2. The monoisotopic (exact) mass is 202 g/mol. The molecular weight excluding hydrogens is 176 g/mol. The minimum absolute atomic E-state index is 0.0694. The first-order valence-electron chi connectivity index (χ1n) is 5.20. The fourth-order valence-corrected chi connectivity index (χ4v) is 3.76. The second-order valence-electron chi connectivity index (χ2n) is 5.82. The van der Waals surface area contributed by atoms with E-state index in [9.17, 15) is 0 Å². The highest BCUT2D eigenvalue weighted by molar-refractivity contribution is 6.82. The van der Waals surface area contributed by atoms with Crippen LogP contribution in [0.25, 0.3) is 0 Å². The fourth-order valence-electron chi connectivity index (χ4n) is 1.44. The Labute approximate surface area is 84.9 Å². The van der Waals surface area contributed by atoms with Gasteiger partial charge >= 0.3 is 0 Å². The van der Waals surface area contributed by atoms with Crippen molar-refractivity contribution in [1.29, 1.82) is 0 Å². The van der Waals surface area contributed by atoms with E-state index in [0.29, 0.717) is 5.04 Å². The summed E-state index contributed by atoms with van der Waals surface area (Å²) in [7, 11) is -1.38. The molecule has 0 aliphatic rings. The van der Waals surface area contributed by atoms with E-state index in [2.05, 4.69) is 54.6 Å². The van der Waals surface area contributed by atoms with E-state index < -0.39 is 8.07 Å². The molecule has 0 aromatic carbocycles. The first-order valence-corrected chi connectivity index (χ1v) is 8.20. The molecule has 1 nitrogen and oxygen atoms in total. The molecule has 0 saturated heterocycles. The fraction of sp³-hybridized carbons (Fsp3) is 1.00. The Morgan fingerprint density at radius 1 is 1.00 bits per heavy atom. The van der Waals surface area contributed by atoms with E-state index in [4.69, 9.17) is 4.74 Å². The van der Waals surface area contributed by atoms with Crippen molar-refractivity contribution in [2.45, 2.75) is 64.9 Å². The molecular formula is C11H26OSi. The SMILES string of the molecule is CCOC(C)(C)[Si](C)(C)C(C)(C)C. The maximum absolute atomic E-state index is 5.88. The Bertz CT molecular complexity index is 165. The molecule has 2 heteroatoms. The Morgan fingerprint density at radius 2 is 1.38 bits per heavy atom. The van der Waals surface area contributed by atoms with Gasteiger partial charge in [-0.1, -0.05) is 33.9 Å². The molecule has 0 aliphatic heterocycles. The number of hydrogen-bond acceptors (Lipinski definition) is 1. The van der Waals surface area contributed by atoms with Crippen molar-refractivity contribution >= 4 is 8.07 Å². The Morgan fingerprint density at radius 3 is 1.62 bits per heavy atom. The maximum atomic E-state index is 5.88. The smallest absolute Gasteiger partial charge is 0.0900 e. The van der Waals surface area contributed by atoms with Crippen LogP contribution < -0.4 is 0 Å². The van der Waals surface area contributed by atoms with E-state index in [1.807, 2.05) is 0 Å². The van der Waals surface area contributed by atoms with Crippen molar-refractivity contribution < 1.29 is 4.74 Å². The molecule has 80 valence electrons. The van der Waals surface area contributed by atoms with Gasteiger partial charge in [-0.25, -0.2) is 0 Å². The molecule has 0 N–H and O–H groups in total. The molecule has 0 heterocycles. The molecule has 0 saturated carbocycles. The zero-order chi connectivity index (χ0) is 10.9. The van der Waals surface area contributed by atoms with E-state index in [-0.39, 0.29) is 5.22 Å². The van der Waals surface area contributed by atoms with Gasteiger partial charge in [0.1, 0.15) is 0 Å². The van der Waals surface area contributed by atoms with Gasteiger partial charge in [-0.2, -0.15) is 0 Å². The van der Waals surface area contributed by atoms with Crippen LogP contribution in [0.2, 0.25) is 18.1 Å². The van der Waals surface area contributed by atoms with E-state index in [0.717, 1.165) is 6.61 Å². The lowest BCUT2D eigenvalue weighted by molar-refractivity contribution is 0.0430. The van der Waals surface area contributed by atoms with Crippen LogP contribution in [0.1, 0.15) is 41.5 Å². The minimum atomic E-state index is -1.38. The highest BCUT2D eigenvalue weighted by atomic mass is 28.3. The second-order valence-corrected chi connectivity index (χ2v) is 11.8. The summed E-state index contributed by atoms with van der Waals surface area (Å²) in [6.45, 7) is 19.2. The molecule has 0 spiro atoms. The van der Waals surface area contributed by atoms with Gasteiger partial charge in [0.15, 0.2) is 0 Å². The topological polar surface area (TPSA) is 9.23 Å². The molecule has 0 aromatic rings.